The SMILES string of the molecule is CCCOc1cccc(NC(=O)C2(N)CCOCC2)c1.Cl. The second-order valence-electron chi connectivity index (χ2n) is 5.10. The highest BCUT2D eigenvalue weighted by Crippen LogP contribution is 2.22. The lowest BCUT2D eigenvalue weighted by molar-refractivity contribution is -0.124. The van der Waals surface area contributed by atoms with Crippen LogP contribution in [0, 0.1) is 0 Å². The van der Waals surface area contributed by atoms with Crippen LogP contribution in [0.25, 0.3) is 0 Å². The first kappa shape index (κ1) is 17.8. The first-order chi connectivity index (χ1) is 9.64. The molecule has 0 spiro atoms. The number of amides is 1. The van der Waals surface area contributed by atoms with E-state index < -0.39 is 5.54 Å². The van der Waals surface area contributed by atoms with Crippen LogP contribution >= 0.6 is 12.4 Å². The summed E-state index contributed by atoms with van der Waals surface area (Å²) in [5.74, 6) is 0.594. The lowest BCUT2D eigenvalue weighted by atomic mass is 9.90. The van der Waals surface area contributed by atoms with Crippen LogP contribution < -0.4 is 15.8 Å². The van der Waals surface area contributed by atoms with Crippen LogP contribution in [0.15, 0.2) is 24.3 Å². The van der Waals surface area contributed by atoms with Crippen molar-refractivity contribution in [3.63, 3.8) is 0 Å². The van der Waals surface area contributed by atoms with Crippen molar-refractivity contribution in [2.24, 2.45) is 5.73 Å². The van der Waals surface area contributed by atoms with Gasteiger partial charge in [0, 0.05) is 25.0 Å². The third-order valence-electron chi connectivity index (χ3n) is 3.40. The van der Waals surface area contributed by atoms with Crippen molar-refractivity contribution in [1.82, 2.24) is 0 Å². The number of carbonyl (C=O) groups excluding carboxylic acids is 1. The summed E-state index contributed by atoms with van der Waals surface area (Å²) in [6.07, 6.45) is 2.04. The largest absolute Gasteiger partial charge is 0.494 e. The van der Waals surface area contributed by atoms with Crippen LogP contribution in [0.2, 0.25) is 0 Å². The molecule has 21 heavy (non-hydrogen) atoms. The van der Waals surface area contributed by atoms with Crippen molar-refractivity contribution in [1.29, 1.82) is 0 Å². The summed E-state index contributed by atoms with van der Waals surface area (Å²) in [6, 6.07) is 7.38. The van der Waals surface area contributed by atoms with Crippen LogP contribution in [-0.2, 0) is 9.53 Å². The molecule has 0 aliphatic carbocycles. The van der Waals surface area contributed by atoms with E-state index in [2.05, 4.69) is 12.2 Å². The molecule has 0 atom stereocenters. The number of hydrogen-bond donors (Lipinski definition) is 2. The number of anilines is 1. The highest BCUT2D eigenvalue weighted by atomic mass is 35.5. The molecule has 0 aromatic heterocycles. The fraction of sp³-hybridized carbons (Fsp3) is 0.533. The minimum Gasteiger partial charge on any atom is -0.494 e. The Morgan fingerprint density at radius 1 is 1.43 bits per heavy atom. The molecule has 1 saturated heterocycles. The second kappa shape index (κ2) is 8.22. The van der Waals surface area contributed by atoms with Gasteiger partial charge >= 0.3 is 0 Å². The van der Waals surface area contributed by atoms with Gasteiger partial charge < -0.3 is 20.5 Å². The number of halogens is 1. The smallest absolute Gasteiger partial charge is 0.244 e. The number of carbonyl (C=O) groups is 1. The van der Waals surface area contributed by atoms with E-state index in [4.69, 9.17) is 15.2 Å². The topological polar surface area (TPSA) is 73.6 Å². The van der Waals surface area contributed by atoms with E-state index in [0.29, 0.717) is 38.3 Å². The number of benzene rings is 1. The Bertz CT molecular complexity index is 462. The van der Waals surface area contributed by atoms with Gasteiger partial charge in [0.2, 0.25) is 5.91 Å². The van der Waals surface area contributed by atoms with Gasteiger partial charge in [0.25, 0.3) is 0 Å². The Morgan fingerprint density at radius 2 is 2.14 bits per heavy atom. The zero-order valence-corrected chi connectivity index (χ0v) is 13.1. The molecule has 1 aliphatic heterocycles. The van der Waals surface area contributed by atoms with Gasteiger partial charge in [0.15, 0.2) is 0 Å². The Hall–Kier alpha value is -1.30. The summed E-state index contributed by atoms with van der Waals surface area (Å²) in [5.41, 5.74) is 6.02. The summed E-state index contributed by atoms with van der Waals surface area (Å²) in [6.45, 7) is 3.78. The van der Waals surface area contributed by atoms with Gasteiger partial charge in [0.05, 0.1) is 6.61 Å². The molecule has 1 heterocycles. The van der Waals surface area contributed by atoms with Crippen molar-refractivity contribution in [3.8, 4) is 5.75 Å². The fourth-order valence-electron chi connectivity index (χ4n) is 2.10. The molecule has 0 saturated carbocycles. The summed E-state index contributed by atoms with van der Waals surface area (Å²) in [7, 11) is 0. The summed E-state index contributed by atoms with van der Waals surface area (Å²) in [5, 5.41) is 2.87. The molecule has 0 bridgehead atoms. The first-order valence-corrected chi connectivity index (χ1v) is 7.05. The normalized spacial score (nSPS) is 16.7. The molecule has 1 aromatic rings. The van der Waals surface area contributed by atoms with E-state index >= 15 is 0 Å². The minimum atomic E-state index is -0.835. The van der Waals surface area contributed by atoms with Crippen LogP contribution in [0.3, 0.4) is 0 Å². The molecule has 1 aromatic carbocycles. The van der Waals surface area contributed by atoms with Crippen molar-refractivity contribution in [2.75, 3.05) is 25.1 Å². The molecular formula is C15H23ClN2O3. The molecule has 1 amide bonds. The molecule has 0 radical (unpaired) electrons. The van der Waals surface area contributed by atoms with Gasteiger partial charge in [-0.25, -0.2) is 0 Å². The standard InChI is InChI=1S/C15H22N2O3.ClH/c1-2-8-20-13-5-3-4-12(11-13)17-14(18)15(16)6-9-19-10-7-15;/h3-5,11H,2,6-10,16H2,1H3,(H,17,18);1H. The van der Waals surface area contributed by atoms with E-state index in [9.17, 15) is 4.79 Å². The van der Waals surface area contributed by atoms with E-state index in [1.807, 2.05) is 24.3 Å². The molecule has 1 fully saturated rings. The van der Waals surface area contributed by atoms with E-state index in [1.54, 1.807) is 0 Å². The maximum atomic E-state index is 12.3. The Kier molecular flexibility index (Phi) is 6.95. The average molecular weight is 315 g/mol. The van der Waals surface area contributed by atoms with E-state index in [1.165, 1.54) is 0 Å². The quantitative estimate of drug-likeness (QED) is 0.875. The molecule has 118 valence electrons. The van der Waals surface area contributed by atoms with Crippen LogP contribution in [0.4, 0.5) is 5.69 Å². The maximum absolute atomic E-state index is 12.3. The molecule has 1 aliphatic rings. The molecule has 0 unspecified atom stereocenters. The zero-order valence-electron chi connectivity index (χ0n) is 12.3. The minimum absolute atomic E-state index is 0. The summed E-state index contributed by atoms with van der Waals surface area (Å²) < 4.78 is 10.8. The molecule has 6 heteroatoms. The highest BCUT2D eigenvalue weighted by Gasteiger charge is 2.35. The number of rotatable bonds is 5. The molecular weight excluding hydrogens is 292 g/mol. The van der Waals surface area contributed by atoms with Gasteiger partial charge in [-0.3, -0.25) is 4.79 Å². The van der Waals surface area contributed by atoms with Crippen LogP contribution in [0.1, 0.15) is 26.2 Å². The lowest BCUT2D eigenvalue weighted by Gasteiger charge is -2.31. The summed E-state index contributed by atoms with van der Waals surface area (Å²) in [4.78, 5) is 12.3. The zero-order chi connectivity index (χ0) is 14.4. The summed E-state index contributed by atoms with van der Waals surface area (Å²) >= 11 is 0. The van der Waals surface area contributed by atoms with Gasteiger partial charge in [-0.15, -0.1) is 12.4 Å². The Labute approximate surface area is 131 Å². The number of ether oxygens (including phenoxy) is 2. The number of nitrogens with two attached hydrogens (primary N) is 1. The van der Waals surface area contributed by atoms with E-state index in [-0.39, 0.29) is 18.3 Å². The first-order valence-electron chi connectivity index (χ1n) is 7.05. The third-order valence-corrected chi connectivity index (χ3v) is 3.40. The van der Waals surface area contributed by atoms with E-state index in [0.717, 1.165) is 12.2 Å². The van der Waals surface area contributed by atoms with Crippen molar-refractivity contribution >= 4 is 24.0 Å². The molecule has 3 N–H and O–H groups in total. The van der Waals surface area contributed by atoms with Crippen LogP contribution in [0.5, 0.6) is 5.75 Å². The number of nitrogens with one attached hydrogen (secondary N) is 1. The third kappa shape index (κ3) is 4.88. The van der Waals surface area contributed by atoms with Gasteiger partial charge in [0.1, 0.15) is 11.3 Å². The monoisotopic (exact) mass is 314 g/mol. The Balaban J connectivity index is 0.00000220. The lowest BCUT2D eigenvalue weighted by Crippen LogP contribution is -2.54. The fourth-order valence-corrected chi connectivity index (χ4v) is 2.10. The maximum Gasteiger partial charge on any atom is 0.244 e. The van der Waals surface area contributed by atoms with Gasteiger partial charge in [-0.1, -0.05) is 13.0 Å². The average Bonchev–Trinajstić information content (AvgIpc) is 2.46. The second-order valence-corrected chi connectivity index (χ2v) is 5.10. The van der Waals surface area contributed by atoms with Crippen molar-refractivity contribution < 1.29 is 14.3 Å². The Morgan fingerprint density at radius 3 is 2.81 bits per heavy atom. The van der Waals surface area contributed by atoms with Gasteiger partial charge in [-0.2, -0.15) is 0 Å². The van der Waals surface area contributed by atoms with Crippen molar-refractivity contribution in [2.45, 2.75) is 31.7 Å². The molecule has 2 rings (SSSR count). The number of hydrogen-bond acceptors (Lipinski definition) is 4. The van der Waals surface area contributed by atoms with Crippen molar-refractivity contribution in [3.05, 3.63) is 24.3 Å². The molecule has 5 nitrogen and oxygen atoms in total. The van der Waals surface area contributed by atoms with Crippen LogP contribution in [-0.4, -0.2) is 31.3 Å². The van der Waals surface area contributed by atoms with Gasteiger partial charge in [-0.05, 0) is 31.4 Å². The predicted octanol–water partition coefficient (Wildman–Crippen LogP) is 2.34. The highest BCUT2D eigenvalue weighted by molar-refractivity contribution is 5.98. The predicted molar refractivity (Wildman–Crippen MR) is 85.1 cm³/mol.